The number of halogens is 3. The maximum atomic E-state index is 13.1. The number of nitrogens with zero attached hydrogens (tertiary/aromatic N) is 3. The molecule has 0 spiro atoms. The third-order valence-corrected chi connectivity index (χ3v) is 4.27. The molecule has 0 amide bonds. The van der Waals surface area contributed by atoms with Crippen LogP contribution >= 0.6 is 11.5 Å². The summed E-state index contributed by atoms with van der Waals surface area (Å²) < 4.78 is 40.5. The number of aromatic nitrogens is 1. The predicted octanol–water partition coefficient (Wildman–Crippen LogP) is 3.11. The van der Waals surface area contributed by atoms with Crippen LogP contribution in [0.15, 0.2) is 29.1 Å². The van der Waals surface area contributed by atoms with Crippen LogP contribution in [-0.2, 0) is 12.7 Å². The van der Waals surface area contributed by atoms with Gasteiger partial charge in [0, 0.05) is 13.1 Å². The highest BCUT2D eigenvalue weighted by Gasteiger charge is 2.33. The Kier molecular flexibility index (Phi) is 5.31. The molecule has 0 aliphatic heterocycles. The highest BCUT2D eigenvalue weighted by Crippen LogP contribution is 2.36. The Hall–Kier alpha value is -2.31. The van der Waals surface area contributed by atoms with Gasteiger partial charge in [-0.25, -0.2) is 0 Å². The van der Waals surface area contributed by atoms with E-state index in [1.165, 1.54) is 22.2 Å². The summed E-state index contributed by atoms with van der Waals surface area (Å²) in [5.41, 5.74) is -1.73. The van der Waals surface area contributed by atoms with Gasteiger partial charge in [0.2, 0.25) is 0 Å². The number of rotatable bonds is 5. The molecule has 0 radical (unpaired) electrons. The van der Waals surface area contributed by atoms with Gasteiger partial charge in [-0.1, -0.05) is 12.1 Å². The first kappa shape index (κ1) is 18.0. The van der Waals surface area contributed by atoms with Crippen molar-refractivity contribution in [3.8, 4) is 6.07 Å². The second-order valence-corrected chi connectivity index (χ2v) is 6.32. The minimum Gasteiger partial charge on any atom is -0.344 e. The van der Waals surface area contributed by atoms with E-state index >= 15 is 0 Å². The summed E-state index contributed by atoms with van der Waals surface area (Å²) in [5.74, 6) is 0. The smallest absolute Gasteiger partial charge is 0.344 e. The molecular weight excluding hydrogens is 341 g/mol. The van der Waals surface area contributed by atoms with Gasteiger partial charge >= 0.3 is 6.18 Å². The van der Waals surface area contributed by atoms with E-state index in [4.69, 9.17) is 5.26 Å². The van der Waals surface area contributed by atoms with Crippen molar-refractivity contribution in [3.63, 3.8) is 0 Å². The third kappa shape index (κ3) is 3.96. The maximum absolute atomic E-state index is 13.1. The Labute approximate surface area is 140 Å². The Morgan fingerprint density at radius 1 is 1.33 bits per heavy atom. The molecule has 2 rings (SSSR count). The van der Waals surface area contributed by atoms with Crippen LogP contribution in [0.3, 0.4) is 0 Å². The van der Waals surface area contributed by atoms with E-state index in [-0.39, 0.29) is 16.3 Å². The van der Waals surface area contributed by atoms with Crippen molar-refractivity contribution in [3.05, 3.63) is 45.7 Å². The van der Waals surface area contributed by atoms with Crippen molar-refractivity contribution in [2.45, 2.75) is 12.7 Å². The largest absolute Gasteiger partial charge is 0.418 e. The van der Waals surface area contributed by atoms with Crippen molar-refractivity contribution in [2.24, 2.45) is 0 Å². The number of alkyl halides is 3. The number of hydrogen-bond donors (Lipinski definition) is 1. The standard InChI is InChI=1S/C15H15F3N4OS/c1-21(2)7-8-22-14(23)10(9-19)13(24-22)20-12-6-4-3-5-11(12)15(16,17)18/h3-6,20H,7-8H2,1-2H3. The molecule has 1 aromatic carbocycles. The lowest BCUT2D eigenvalue weighted by molar-refractivity contribution is -0.136. The summed E-state index contributed by atoms with van der Waals surface area (Å²) in [6, 6.07) is 6.71. The van der Waals surface area contributed by atoms with Crippen molar-refractivity contribution in [1.29, 1.82) is 5.26 Å². The molecule has 1 heterocycles. The summed E-state index contributed by atoms with van der Waals surface area (Å²) in [7, 11) is 3.67. The maximum Gasteiger partial charge on any atom is 0.418 e. The van der Waals surface area contributed by atoms with Crippen molar-refractivity contribution in [1.82, 2.24) is 8.86 Å². The number of nitrogens with one attached hydrogen (secondary N) is 1. The van der Waals surface area contributed by atoms with Crippen molar-refractivity contribution >= 4 is 22.2 Å². The zero-order valence-corrected chi connectivity index (χ0v) is 13.8. The van der Waals surface area contributed by atoms with E-state index in [0.717, 1.165) is 17.6 Å². The predicted molar refractivity (Wildman–Crippen MR) is 86.6 cm³/mol. The highest BCUT2D eigenvalue weighted by molar-refractivity contribution is 7.11. The van der Waals surface area contributed by atoms with Gasteiger partial charge in [-0.15, -0.1) is 0 Å². The van der Waals surface area contributed by atoms with E-state index in [1.807, 2.05) is 19.0 Å². The van der Waals surface area contributed by atoms with E-state index in [1.54, 1.807) is 6.07 Å². The fourth-order valence-electron chi connectivity index (χ4n) is 2.00. The number of para-hydroxylation sites is 1. The first-order chi connectivity index (χ1) is 11.2. The second-order valence-electron chi connectivity index (χ2n) is 5.29. The summed E-state index contributed by atoms with van der Waals surface area (Å²) in [6.07, 6.45) is -4.53. The Balaban J connectivity index is 2.40. The van der Waals surface area contributed by atoms with Crippen LogP contribution in [-0.4, -0.2) is 29.5 Å². The van der Waals surface area contributed by atoms with Crippen LogP contribution in [0.4, 0.5) is 23.9 Å². The monoisotopic (exact) mass is 356 g/mol. The molecule has 128 valence electrons. The molecule has 0 bridgehead atoms. The normalized spacial score (nSPS) is 11.5. The van der Waals surface area contributed by atoms with Gasteiger partial charge in [0.05, 0.1) is 11.3 Å². The third-order valence-electron chi connectivity index (χ3n) is 3.21. The van der Waals surface area contributed by atoms with Crippen molar-refractivity contribution in [2.75, 3.05) is 26.0 Å². The molecule has 1 N–H and O–H groups in total. The number of hydrogen-bond acceptors (Lipinski definition) is 5. The highest BCUT2D eigenvalue weighted by atomic mass is 32.1. The van der Waals surface area contributed by atoms with E-state index in [9.17, 15) is 18.0 Å². The van der Waals surface area contributed by atoms with Gasteiger partial charge in [0.15, 0.2) is 5.56 Å². The molecule has 9 heteroatoms. The molecule has 0 saturated heterocycles. The van der Waals surface area contributed by atoms with E-state index < -0.39 is 17.3 Å². The molecule has 0 unspecified atom stereocenters. The molecule has 5 nitrogen and oxygen atoms in total. The van der Waals surface area contributed by atoms with E-state index in [0.29, 0.717) is 13.1 Å². The van der Waals surface area contributed by atoms with Gasteiger partial charge in [0.1, 0.15) is 11.1 Å². The Morgan fingerprint density at radius 3 is 2.58 bits per heavy atom. The average molecular weight is 356 g/mol. The molecular formula is C15H15F3N4OS. The first-order valence-electron chi connectivity index (χ1n) is 6.96. The van der Waals surface area contributed by atoms with Gasteiger partial charge in [-0.05, 0) is 37.8 Å². The van der Waals surface area contributed by atoms with Crippen LogP contribution in [0, 0.1) is 11.3 Å². The Morgan fingerprint density at radius 2 is 2.00 bits per heavy atom. The number of nitriles is 1. The average Bonchev–Trinajstić information content (AvgIpc) is 2.79. The van der Waals surface area contributed by atoms with Gasteiger partial charge in [-0.2, -0.15) is 18.4 Å². The molecule has 24 heavy (non-hydrogen) atoms. The Bertz CT molecular complexity index is 817. The van der Waals surface area contributed by atoms with E-state index in [2.05, 4.69) is 5.32 Å². The zero-order valence-electron chi connectivity index (χ0n) is 13.0. The molecule has 0 fully saturated rings. The molecule has 0 aliphatic carbocycles. The minimum atomic E-state index is -4.53. The van der Waals surface area contributed by atoms with Crippen LogP contribution < -0.4 is 10.9 Å². The minimum absolute atomic E-state index is 0.109. The second kappa shape index (κ2) is 7.07. The topological polar surface area (TPSA) is 61.1 Å². The van der Waals surface area contributed by atoms with Crippen LogP contribution in [0.5, 0.6) is 0 Å². The van der Waals surface area contributed by atoms with Crippen LogP contribution in [0.2, 0.25) is 0 Å². The van der Waals surface area contributed by atoms with Gasteiger partial charge in [0.25, 0.3) is 5.56 Å². The zero-order chi connectivity index (χ0) is 17.9. The van der Waals surface area contributed by atoms with Crippen LogP contribution in [0.25, 0.3) is 0 Å². The summed E-state index contributed by atoms with van der Waals surface area (Å²) >= 11 is 0.943. The molecule has 2 aromatic rings. The quantitative estimate of drug-likeness (QED) is 0.894. The lowest BCUT2D eigenvalue weighted by atomic mass is 10.1. The summed E-state index contributed by atoms with van der Waals surface area (Å²) in [6.45, 7) is 0.928. The number of likely N-dealkylation sites (N-methyl/N-ethyl adjacent to an activating group) is 1. The van der Waals surface area contributed by atoms with Crippen molar-refractivity contribution < 1.29 is 13.2 Å². The number of benzene rings is 1. The fourth-order valence-corrected chi connectivity index (χ4v) is 2.95. The molecule has 0 atom stereocenters. The molecule has 0 aliphatic rings. The van der Waals surface area contributed by atoms with Crippen LogP contribution in [0.1, 0.15) is 11.1 Å². The van der Waals surface area contributed by atoms with Gasteiger partial charge in [-0.3, -0.25) is 8.75 Å². The fraction of sp³-hybridized carbons (Fsp3) is 0.333. The van der Waals surface area contributed by atoms with Gasteiger partial charge < -0.3 is 10.2 Å². The lowest BCUT2D eigenvalue weighted by Crippen LogP contribution is -2.23. The lowest BCUT2D eigenvalue weighted by Gasteiger charge is -2.13. The SMILES string of the molecule is CN(C)CCn1sc(Nc2ccccc2C(F)(F)F)c(C#N)c1=O. The molecule has 1 aromatic heterocycles. The summed E-state index contributed by atoms with van der Waals surface area (Å²) in [5, 5.41) is 11.9. The number of anilines is 2. The summed E-state index contributed by atoms with van der Waals surface area (Å²) in [4.78, 5) is 14.0. The molecule has 0 saturated carbocycles. The first-order valence-corrected chi connectivity index (χ1v) is 7.73.